The Bertz CT molecular complexity index is 493. The van der Waals surface area contributed by atoms with Crippen LogP contribution in [0.4, 0.5) is 10.1 Å². The van der Waals surface area contributed by atoms with Crippen LogP contribution in [0.3, 0.4) is 0 Å². The third-order valence-electron chi connectivity index (χ3n) is 3.04. The highest BCUT2D eigenvalue weighted by molar-refractivity contribution is 7.10. The molecule has 82 valence electrons. The van der Waals surface area contributed by atoms with Crippen LogP contribution in [0.1, 0.15) is 22.8 Å². The maximum absolute atomic E-state index is 13.6. The SMILES string of the molecule is Fc1cccc2c1NCCC2c1cccs1. The lowest BCUT2D eigenvalue weighted by Crippen LogP contribution is -2.18. The normalized spacial score (nSPS) is 18.9. The molecule has 1 aromatic heterocycles. The van der Waals surface area contributed by atoms with E-state index in [9.17, 15) is 4.39 Å². The highest BCUT2D eigenvalue weighted by atomic mass is 32.1. The molecular weight excluding hydrogens is 221 g/mol. The van der Waals surface area contributed by atoms with Crippen molar-refractivity contribution in [2.45, 2.75) is 12.3 Å². The molecule has 0 radical (unpaired) electrons. The zero-order chi connectivity index (χ0) is 11.0. The molecule has 0 bridgehead atoms. The van der Waals surface area contributed by atoms with Crippen molar-refractivity contribution < 1.29 is 4.39 Å². The molecule has 1 aliphatic rings. The van der Waals surface area contributed by atoms with Crippen LogP contribution >= 0.6 is 11.3 Å². The van der Waals surface area contributed by atoms with E-state index in [4.69, 9.17) is 0 Å². The maximum Gasteiger partial charge on any atom is 0.146 e. The lowest BCUT2D eigenvalue weighted by atomic mass is 9.89. The third-order valence-corrected chi connectivity index (χ3v) is 4.03. The van der Waals surface area contributed by atoms with Crippen molar-refractivity contribution in [2.24, 2.45) is 0 Å². The Kier molecular flexibility index (Phi) is 2.40. The highest BCUT2D eigenvalue weighted by Crippen LogP contribution is 2.39. The fourth-order valence-electron chi connectivity index (χ4n) is 2.30. The number of anilines is 1. The fraction of sp³-hybridized carbons (Fsp3) is 0.231. The molecule has 2 aromatic rings. The highest BCUT2D eigenvalue weighted by Gasteiger charge is 2.23. The van der Waals surface area contributed by atoms with Crippen LogP contribution in [-0.4, -0.2) is 6.54 Å². The Morgan fingerprint density at radius 3 is 3.00 bits per heavy atom. The van der Waals surface area contributed by atoms with Gasteiger partial charge in [0, 0.05) is 17.3 Å². The van der Waals surface area contributed by atoms with E-state index < -0.39 is 0 Å². The number of hydrogen-bond donors (Lipinski definition) is 1. The van der Waals surface area contributed by atoms with Crippen LogP contribution in [0, 0.1) is 5.82 Å². The van der Waals surface area contributed by atoms with Crippen molar-refractivity contribution in [3.8, 4) is 0 Å². The Labute approximate surface area is 97.9 Å². The fourth-order valence-corrected chi connectivity index (χ4v) is 3.18. The number of hydrogen-bond acceptors (Lipinski definition) is 2. The van der Waals surface area contributed by atoms with Crippen molar-refractivity contribution in [3.05, 3.63) is 52.0 Å². The van der Waals surface area contributed by atoms with Gasteiger partial charge >= 0.3 is 0 Å². The summed E-state index contributed by atoms with van der Waals surface area (Å²) in [6.07, 6.45) is 1.04. The van der Waals surface area contributed by atoms with Crippen molar-refractivity contribution in [1.82, 2.24) is 0 Å². The quantitative estimate of drug-likeness (QED) is 0.789. The zero-order valence-electron chi connectivity index (χ0n) is 8.74. The van der Waals surface area contributed by atoms with E-state index in [0.29, 0.717) is 11.6 Å². The molecule has 2 heterocycles. The molecule has 1 aliphatic heterocycles. The van der Waals surface area contributed by atoms with Gasteiger partial charge < -0.3 is 5.32 Å². The summed E-state index contributed by atoms with van der Waals surface area (Å²) in [5.41, 5.74) is 1.78. The molecule has 1 atom stereocenters. The van der Waals surface area contributed by atoms with E-state index in [0.717, 1.165) is 18.5 Å². The summed E-state index contributed by atoms with van der Waals surface area (Å²) < 4.78 is 13.6. The van der Waals surface area contributed by atoms with Crippen LogP contribution < -0.4 is 5.32 Å². The van der Waals surface area contributed by atoms with Gasteiger partial charge in [-0.15, -0.1) is 11.3 Å². The average molecular weight is 233 g/mol. The first-order valence-electron chi connectivity index (χ1n) is 5.42. The second-order valence-corrected chi connectivity index (χ2v) is 4.97. The first-order valence-corrected chi connectivity index (χ1v) is 6.30. The smallest absolute Gasteiger partial charge is 0.146 e. The largest absolute Gasteiger partial charge is 0.382 e. The predicted octanol–water partition coefficient (Wildman–Crippen LogP) is 3.83. The molecular formula is C13H12FNS. The van der Waals surface area contributed by atoms with Crippen LogP contribution in [-0.2, 0) is 0 Å². The number of halogens is 1. The molecule has 1 unspecified atom stereocenters. The molecule has 1 aromatic carbocycles. The Balaban J connectivity index is 2.10. The Hall–Kier alpha value is -1.35. The topological polar surface area (TPSA) is 12.0 Å². The van der Waals surface area contributed by atoms with Gasteiger partial charge in [0.25, 0.3) is 0 Å². The van der Waals surface area contributed by atoms with Crippen LogP contribution in [0.2, 0.25) is 0 Å². The Morgan fingerprint density at radius 1 is 1.25 bits per heavy atom. The molecule has 3 rings (SSSR count). The molecule has 0 saturated carbocycles. The molecule has 1 nitrogen and oxygen atoms in total. The van der Waals surface area contributed by atoms with Crippen molar-refractivity contribution in [1.29, 1.82) is 0 Å². The van der Waals surface area contributed by atoms with E-state index in [2.05, 4.69) is 22.8 Å². The summed E-state index contributed by atoms with van der Waals surface area (Å²) in [5, 5.41) is 5.23. The van der Waals surface area contributed by atoms with Crippen molar-refractivity contribution in [2.75, 3.05) is 11.9 Å². The first kappa shape index (κ1) is 9.85. The number of thiophene rings is 1. The minimum Gasteiger partial charge on any atom is -0.382 e. The third kappa shape index (κ3) is 1.52. The maximum atomic E-state index is 13.6. The number of rotatable bonds is 1. The molecule has 1 N–H and O–H groups in total. The summed E-state index contributed by atoms with van der Waals surface area (Å²) in [6.45, 7) is 0.844. The molecule has 0 fully saturated rings. The van der Waals surface area contributed by atoms with Gasteiger partial charge in [0.05, 0.1) is 5.69 Å². The van der Waals surface area contributed by atoms with Gasteiger partial charge in [0.15, 0.2) is 0 Å². The lowest BCUT2D eigenvalue weighted by Gasteiger charge is -2.26. The first-order chi connectivity index (χ1) is 7.86. The summed E-state index contributed by atoms with van der Waals surface area (Å²) in [6, 6.07) is 9.52. The molecule has 0 saturated heterocycles. The van der Waals surface area contributed by atoms with E-state index in [-0.39, 0.29) is 5.82 Å². The number of nitrogens with one attached hydrogen (secondary N) is 1. The second-order valence-electron chi connectivity index (χ2n) is 3.99. The molecule has 3 heteroatoms. The van der Waals surface area contributed by atoms with Gasteiger partial charge in [-0.2, -0.15) is 0 Å². The zero-order valence-corrected chi connectivity index (χ0v) is 9.56. The van der Waals surface area contributed by atoms with Crippen LogP contribution in [0.25, 0.3) is 0 Å². The van der Waals surface area contributed by atoms with Gasteiger partial charge in [-0.1, -0.05) is 18.2 Å². The summed E-state index contributed by atoms with van der Waals surface area (Å²) >= 11 is 1.75. The average Bonchev–Trinajstić information content (AvgIpc) is 2.82. The summed E-state index contributed by atoms with van der Waals surface area (Å²) in [4.78, 5) is 1.33. The van der Waals surface area contributed by atoms with E-state index >= 15 is 0 Å². The van der Waals surface area contributed by atoms with Crippen molar-refractivity contribution >= 4 is 17.0 Å². The van der Waals surface area contributed by atoms with Crippen LogP contribution in [0.15, 0.2) is 35.7 Å². The predicted molar refractivity (Wildman–Crippen MR) is 65.7 cm³/mol. The van der Waals surface area contributed by atoms with E-state index in [1.807, 2.05) is 6.07 Å². The van der Waals surface area contributed by atoms with E-state index in [1.165, 1.54) is 10.9 Å². The van der Waals surface area contributed by atoms with E-state index in [1.54, 1.807) is 17.4 Å². The van der Waals surface area contributed by atoms with Crippen molar-refractivity contribution in [3.63, 3.8) is 0 Å². The number of para-hydroxylation sites is 1. The summed E-state index contributed by atoms with van der Waals surface area (Å²) in [5.74, 6) is 0.214. The molecule has 0 spiro atoms. The number of benzene rings is 1. The molecule has 0 aliphatic carbocycles. The second kappa shape index (κ2) is 3.91. The summed E-state index contributed by atoms with van der Waals surface area (Å²) in [7, 11) is 0. The minimum atomic E-state index is -0.140. The Morgan fingerprint density at radius 2 is 2.19 bits per heavy atom. The van der Waals surface area contributed by atoms with Gasteiger partial charge in [0.1, 0.15) is 5.82 Å². The molecule has 0 amide bonds. The van der Waals surface area contributed by atoms with Gasteiger partial charge in [-0.05, 0) is 29.5 Å². The van der Waals surface area contributed by atoms with Gasteiger partial charge in [-0.25, -0.2) is 4.39 Å². The standard InChI is InChI=1S/C13H12FNS/c14-11-4-1-3-10-9(6-7-15-13(10)11)12-5-2-8-16-12/h1-5,8-9,15H,6-7H2. The lowest BCUT2D eigenvalue weighted by molar-refractivity contribution is 0.616. The number of fused-ring (bicyclic) bond motifs is 1. The molecule has 16 heavy (non-hydrogen) atoms. The monoisotopic (exact) mass is 233 g/mol. The van der Waals surface area contributed by atoms with Gasteiger partial charge in [0.2, 0.25) is 0 Å². The van der Waals surface area contributed by atoms with Gasteiger partial charge in [-0.3, -0.25) is 0 Å². The van der Waals surface area contributed by atoms with Crippen LogP contribution in [0.5, 0.6) is 0 Å². The minimum absolute atomic E-state index is 0.140.